The minimum atomic E-state index is -4.34. The summed E-state index contributed by atoms with van der Waals surface area (Å²) in [4.78, 5) is 4.03. The Morgan fingerprint density at radius 3 is 2.53 bits per heavy atom. The number of hydrogen-bond acceptors (Lipinski definition) is 1. The summed E-state index contributed by atoms with van der Waals surface area (Å²) in [5, 5.41) is 0. The first-order valence-corrected chi connectivity index (χ1v) is 5.40. The summed E-state index contributed by atoms with van der Waals surface area (Å²) < 4.78 is 38.0. The van der Waals surface area contributed by atoms with Crippen LogP contribution >= 0.6 is 0 Å². The molecule has 17 heavy (non-hydrogen) atoms. The number of rotatable bonds is 2. The summed E-state index contributed by atoms with van der Waals surface area (Å²) in [6.07, 6.45) is -2.38. The highest BCUT2D eigenvalue weighted by Gasteiger charge is 2.32. The second kappa shape index (κ2) is 4.05. The molecule has 0 unspecified atom stereocenters. The first-order chi connectivity index (χ1) is 7.88. The fraction of sp³-hybridized carbons (Fsp3) is 0.417. The summed E-state index contributed by atoms with van der Waals surface area (Å²) in [5.74, 6) is 0.688. The van der Waals surface area contributed by atoms with Gasteiger partial charge in [0.15, 0.2) is 0 Å². The second-order valence-electron chi connectivity index (χ2n) is 4.31. The highest BCUT2D eigenvalue weighted by Crippen LogP contribution is 2.35. The normalized spacial score (nSPS) is 17.3. The Bertz CT molecular complexity index is 459. The van der Waals surface area contributed by atoms with Crippen LogP contribution in [0.15, 0.2) is 23.2 Å². The average Bonchev–Trinajstić information content (AvgIpc) is 3.02. The Balaban J connectivity index is 2.34. The fourth-order valence-electron chi connectivity index (χ4n) is 1.60. The molecular weight excluding hydrogens is 229 g/mol. The highest BCUT2D eigenvalue weighted by atomic mass is 19.4. The molecule has 2 nitrogen and oxygen atoms in total. The van der Waals surface area contributed by atoms with Crippen LogP contribution in [0.4, 0.5) is 18.9 Å². The Kier molecular flexibility index (Phi) is 2.85. The fourth-order valence-corrected chi connectivity index (χ4v) is 1.60. The van der Waals surface area contributed by atoms with Crippen molar-refractivity contribution in [3.63, 3.8) is 0 Å². The van der Waals surface area contributed by atoms with Crippen molar-refractivity contribution in [2.24, 2.45) is 16.6 Å². The number of aryl methyl sites for hydroxylation is 1. The van der Waals surface area contributed by atoms with Crippen molar-refractivity contribution >= 4 is 11.5 Å². The third kappa shape index (κ3) is 2.78. The molecule has 0 aromatic heterocycles. The zero-order valence-electron chi connectivity index (χ0n) is 9.38. The van der Waals surface area contributed by atoms with Gasteiger partial charge < -0.3 is 5.73 Å². The smallest absolute Gasteiger partial charge is 0.387 e. The van der Waals surface area contributed by atoms with Gasteiger partial charge in [0.1, 0.15) is 5.84 Å². The lowest BCUT2D eigenvalue weighted by Gasteiger charge is -2.10. The molecule has 92 valence electrons. The first-order valence-electron chi connectivity index (χ1n) is 5.40. The molecule has 0 heterocycles. The number of hydrogen-bond donors (Lipinski definition) is 1. The maximum Gasteiger partial charge on any atom is 0.416 e. The topological polar surface area (TPSA) is 38.4 Å². The SMILES string of the molecule is Cc1ccc(N=C(N)C2CC2)cc1C(F)(F)F. The van der Waals surface area contributed by atoms with E-state index in [2.05, 4.69) is 4.99 Å². The predicted molar refractivity (Wildman–Crippen MR) is 60.2 cm³/mol. The van der Waals surface area contributed by atoms with E-state index in [9.17, 15) is 13.2 Å². The van der Waals surface area contributed by atoms with E-state index >= 15 is 0 Å². The molecule has 1 aliphatic carbocycles. The Morgan fingerprint density at radius 2 is 2.00 bits per heavy atom. The quantitative estimate of drug-likeness (QED) is 0.626. The Hall–Kier alpha value is -1.52. The van der Waals surface area contributed by atoms with Crippen molar-refractivity contribution in [1.82, 2.24) is 0 Å². The Labute approximate surface area is 97.3 Å². The minimum absolute atomic E-state index is 0.196. The molecule has 0 atom stereocenters. The van der Waals surface area contributed by atoms with Crippen molar-refractivity contribution in [2.75, 3.05) is 0 Å². The van der Waals surface area contributed by atoms with Gasteiger partial charge in [-0.05, 0) is 37.5 Å². The first kappa shape index (κ1) is 12.0. The van der Waals surface area contributed by atoms with Crippen LogP contribution in [-0.4, -0.2) is 5.84 Å². The summed E-state index contributed by atoms with van der Waals surface area (Å²) in [7, 11) is 0. The van der Waals surface area contributed by atoms with Crippen molar-refractivity contribution < 1.29 is 13.2 Å². The molecule has 5 heteroatoms. The molecule has 1 aliphatic rings. The minimum Gasteiger partial charge on any atom is -0.387 e. The van der Waals surface area contributed by atoms with E-state index < -0.39 is 11.7 Å². The summed E-state index contributed by atoms with van der Waals surface area (Å²) in [6.45, 7) is 1.43. The van der Waals surface area contributed by atoms with Crippen molar-refractivity contribution in [3.8, 4) is 0 Å². The van der Waals surface area contributed by atoms with Gasteiger partial charge >= 0.3 is 6.18 Å². The summed E-state index contributed by atoms with van der Waals surface area (Å²) >= 11 is 0. The number of aliphatic imine (C=N–C) groups is 1. The summed E-state index contributed by atoms with van der Waals surface area (Å²) in [6, 6.07) is 4.02. The number of nitrogens with zero attached hydrogens (tertiary/aromatic N) is 1. The lowest BCUT2D eigenvalue weighted by molar-refractivity contribution is -0.138. The van der Waals surface area contributed by atoms with E-state index in [4.69, 9.17) is 5.73 Å². The van der Waals surface area contributed by atoms with Gasteiger partial charge in [0, 0.05) is 5.92 Å². The average molecular weight is 242 g/mol. The molecule has 2 N–H and O–H groups in total. The van der Waals surface area contributed by atoms with E-state index in [-0.39, 0.29) is 17.2 Å². The molecule has 1 aromatic rings. The van der Waals surface area contributed by atoms with Gasteiger partial charge in [-0.3, -0.25) is 0 Å². The zero-order valence-corrected chi connectivity index (χ0v) is 9.38. The number of amidine groups is 1. The van der Waals surface area contributed by atoms with Crippen molar-refractivity contribution in [2.45, 2.75) is 25.9 Å². The van der Waals surface area contributed by atoms with Crippen LogP contribution in [0, 0.1) is 12.8 Å². The van der Waals surface area contributed by atoms with Crippen LogP contribution in [0.5, 0.6) is 0 Å². The molecule has 0 amide bonds. The van der Waals surface area contributed by atoms with E-state index in [1.54, 1.807) is 6.07 Å². The van der Waals surface area contributed by atoms with Gasteiger partial charge in [0.05, 0.1) is 11.3 Å². The molecule has 0 aliphatic heterocycles. The van der Waals surface area contributed by atoms with Crippen LogP contribution in [0.2, 0.25) is 0 Å². The van der Waals surface area contributed by atoms with Crippen LogP contribution in [0.25, 0.3) is 0 Å². The van der Waals surface area contributed by atoms with Gasteiger partial charge in [-0.15, -0.1) is 0 Å². The van der Waals surface area contributed by atoms with Gasteiger partial charge in [-0.25, -0.2) is 4.99 Å². The maximum absolute atomic E-state index is 12.7. The lowest BCUT2D eigenvalue weighted by atomic mass is 10.1. The molecule has 1 aromatic carbocycles. The molecule has 0 radical (unpaired) electrons. The standard InChI is InChI=1S/C12H13F3N2/c1-7-2-5-9(6-10(7)12(13,14)15)17-11(16)8-3-4-8/h2,5-6,8H,3-4H2,1H3,(H2,16,17). The van der Waals surface area contributed by atoms with Crippen LogP contribution in [0.1, 0.15) is 24.0 Å². The van der Waals surface area contributed by atoms with E-state index in [0.29, 0.717) is 5.84 Å². The van der Waals surface area contributed by atoms with Gasteiger partial charge in [0.25, 0.3) is 0 Å². The van der Waals surface area contributed by atoms with E-state index in [0.717, 1.165) is 18.9 Å². The number of nitrogens with two attached hydrogens (primary N) is 1. The van der Waals surface area contributed by atoms with Gasteiger partial charge in [-0.2, -0.15) is 13.2 Å². The van der Waals surface area contributed by atoms with Crippen molar-refractivity contribution in [1.29, 1.82) is 0 Å². The third-order valence-corrected chi connectivity index (χ3v) is 2.78. The lowest BCUT2D eigenvalue weighted by Crippen LogP contribution is -2.13. The van der Waals surface area contributed by atoms with Crippen LogP contribution in [0.3, 0.4) is 0 Å². The predicted octanol–water partition coefficient (Wildman–Crippen LogP) is 3.41. The van der Waals surface area contributed by atoms with Gasteiger partial charge in [-0.1, -0.05) is 6.07 Å². The molecule has 1 fully saturated rings. The zero-order chi connectivity index (χ0) is 12.6. The largest absolute Gasteiger partial charge is 0.416 e. The molecule has 2 rings (SSSR count). The maximum atomic E-state index is 12.7. The van der Waals surface area contributed by atoms with Gasteiger partial charge in [0.2, 0.25) is 0 Å². The molecule has 1 saturated carbocycles. The molecule has 0 saturated heterocycles. The van der Waals surface area contributed by atoms with Crippen LogP contribution < -0.4 is 5.73 Å². The molecule has 0 bridgehead atoms. The Morgan fingerprint density at radius 1 is 1.35 bits per heavy atom. The number of benzene rings is 1. The van der Waals surface area contributed by atoms with E-state index in [1.165, 1.54) is 13.0 Å². The number of halogens is 3. The van der Waals surface area contributed by atoms with Crippen molar-refractivity contribution in [3.05, 3.63) is 29.3 Å². The second-order valence-corrected chi connectivity index (χ2v) is 4.31. The van der Waals surface area contributed by atoms with E-state index in [1.807, 2.05) is 0 Å². The number of alkyl halides is 3. The summed E-state index contributed by atoms with van der Waals surface area (Å²) in [5.41, 5.74) is 5.49. The third-order valence-electron chi connectivity index (χ3n) is 2.78. The monoisotopic (exact) mass is 242 g/mol. The van der Waals surface area contributed by atoms with Crippen LogP contribution in [-0.2, 0) is 6.18 Å². The molecule has 0 spiro atoms. The highest BCUT2D eigenvalue weighted by molar-refractivity contribution is 5.87. The molecular formula is C12H13F3N2.